The lowest BCUT2D eigenvalue weighted by Gasteiger charge is -2.37. The van der Waals surface area contributed by atoms with Crippen molar-refractivity contribution in [3.8, 4) is 5.75 Å². The summed E-state index contributed by atoms with van der Waals surface area (Å²) >= 11 is 0. The van der Waals surface area contributed by atoms with Crippen LogP contribution in [0.1, 0.15) is 78.2 Å². The summed E-state index contributed by atoms with van der Waals surface area (Å²) in [5, 5.41) is 17.7. The molecule has 0 saturated carbocycles. The number of nitrogens with one attached hydrogen (secondary N) is 2. The Balaban J connectivity index is 1.42. The van der Waals surface area contributed by atoms with Crippen LogP contribution in [0.15, 0.2) is 65.8 Å². The number of amides is 3. The SMILES string of the molecule is COc1ccc([Si](C)(C)[C@H]2[C@H](CC(=O)N3CCC[C@H]3CO)O[C@@]3(C(=O)N(C/C=C(\C)CCC=C(C)C)c4ccc(NC(=O)[C@H]5CCCN5)cc43)[C@@H]2C)cc1. The van der Waals surface area contributed by atoms with Gasteiger partial charge in [0.15, 0.2) is 5.60 Å². The lowest BCUT2D eigenvalue weighted by atomic mass is 9.82. The third-order valence-electron chi connectivity index (χ3n) is 12.5. The lowest BCUT2D eigenvalue weighted by Crippen LogP contribution is -2.52. The highest BCUT2D eigenvalue weighted by molar-refractivity contribution is 6.91. The van der Waals surface area contributed by atoms with Gasteiger partial charge in [0, 0.05) is 30.3 Å². The molecule has 3 N–H and O–H groups in total. The Morgan fingerprint density at radius 1 is 1.09 bits per heavy atom. The zero-order valence-electron chi connectivity index (χ0n) is 33.2. The molecule has 4 aliphatic heterocycles. The van der Waals surface area contributed by atoms with Gasteiger partial charge in [-0.15, -0.1) is 0 Å². The molecule has 3 fully saturated rings. The Hall–Kier alpha value is -3.77. The van der Waals surface area contributed by atoms with Gasteiger partial charge in [0.05, 0.1) is 52.1 Å². The number of carbonyl (C=O) groups excluding carboxylic acids is 3. The molecule has 11 heteroatoms. The fourth-order valence-electron chi connectivity index (χ4n) is 9.49. The molecule has 292 valence electrons. The summed E-state index contributed by atoms with van der Waals surface area (Å²) in [5.41, 5.74) is 3.13. The number of methoxy groups -OCH3 is 1. The van der Waals surface area contributed by atoms with Gasteiger partial charge in [0.2, 0.25) is 11.8 Å². The molecular formula is C43H60N4O6Si. The third-order valence-corrected chi connectivity index (χ3v) is 16.8. The Bertz CT molecular complexity index is 1770. The van der Waals surface area contributed by atoms with Crippen LogP contribution < -0.4 is 25.5 Å². The van der Waals surface area contributed by atoms with Crippen molar-refractivity contribution in [3.63, 3.8) is 0 Å². The molecule has 6 atom stereocenters. The Morgan fingerprint density at radius 3 is 2.52 bits per heavy atom. The largest absolute Gasteiger partial charge is 0.497 e. The molecule has 2 aromatic rings. The number of hydrogen-bond acceptors (Lipinski definition) is 7. The van der Waals surface area contributed by atoms with Gasteiger partial charge in [0.1, 0.15) is 5.75 Å². The van der Waals surface area contributed by atoms with Gasteiger partial charge in [0.25, 0.3) is 5.91 Å². The number of allylic oxidation sites excluding steroid dienone is 3. The van der Waals surface area contributed by atoms with E-state index in [2.05, 4.69) is 75.7 Å². The minimum absolute atomic E-state index is 0.0483. The number of carbonyl (C=O) groups is 3. The number of hydrogen-bond donors (Lipinski definition) is 3. The van der Waals surface area contributed by atoms with E-state index in [0.29, 0.717) is 18.8 Å². The zero-order chi connectivity index (χ0) is 38.8. The number of benzene rings is 2. The fourth-order valence-corrected chi connectivity index (χ4v) is 13.5. The molecule has 10 nitrogen and oxygen atoms in total. The first-order chi connectivity index (χ1) is 25.8. The second-order valence-electron chi connectivity index (χ2n) is 16.6. The molecule has 0 unspecified atom stereocenters. The predicted molar refractivity (Wildman–Crippen MR) is 217 cm³/mol. The van der Waals surface area contributed by atoms with E-state index in [9.17, 15) is 14.7 Å². The molecule has 0 radical (unpaired) electrons. The molecule has 0 aliphatic carbocycles. The fraction of sp³-hybridized carbons (Fsp3) is 0.558. The van der Waals surface area contributed by atoms with Crippen molar-refractivity contribution in [1.29, 1.82) is 0 Å². The molecule has 3 amide bonds. The van der Waals surface area contributed by atoms with Crippen molar-refractivity contribution in [3.05, 3.63) is 71.3 Å². The first-order valence-electron chi connectivity index (χ1n) is 19.8. The normalized spacial score (nSPS) is 26.8. The highest BCUT2D eigenvalue weighted by atomic mass is 28.3. The summed E-state index contributed by atoms with van der Waals surface area (Å²) in [7, 11) is -0.835. The van der Waals surface area contributed by atoms with Crippen LogP contribution in [0.2, 0.25) is 18.6 Å². The number of aliphatic hydroxyl groups excluding tert-OH is 1. The van der Waals surface area contributed by atoms with Crippen LogP contribution in [-0.2, 0) is 24.7 Å². The van der Waals surface area contributed by atoms with Gasteiger partial charge < -0.3 is 35.0 Å². The molecule has 0 bridgehead atoms. The van der Waals surface area contributed by atoms with Gasteiger partial charge >= 0.3 is 0 Å². The summed E-state index contributed by atoms with van der Waals surface area (Å²) in [6, 6.07) is 13.5. The van der Waals surface area contributed by atoms with E-state index in [4.69, 9.17) is 9.47 Å². The van der Waals surface area contributed by atoms with E-state index in [1.54, 1.807) is 7.11 Å². The number of rotatable bonds is 13. The van der Waals surface area contributed by atoms with Gasteiger partial charge in [-0.05, 0) is 102 Å². The van der Waals surface area contributed by atoms with E-state index in [0.717, 1.165) is 62.1 Å². The maximum Gasteiger partial charge on any atom is 0.264 e. The quantitative estimate of drug-likeness (QED) is 0.169. The monoisotopic (exact) mass is 756 g/mol. The number of likely N-dealkylation sites (tertiary alicyclic amines) is 1. The molecule has 4 heterocycles. The summed E-state index contributed by atoms with van der Waals surface area (Å²) in [5.74, 6) is 0.207. The van der Waals surface area contributed by atoms with Crippen LogP contribution >= 0.6 is 0 Å². The average molecular weight is 757 g/mol. The predicted octanol–water partition coefficient (Wildman–Crippen LogP) is 6.01. The maximum absolute atomic E-state index is 15.3. The molecule has 1 spiro atoms. The first kappa shape index (κ1) is 39.9. The smallest absolute Gasteiger partial charge is 0.264 e. The second kappa shape index (κ2) is 16.5. The lowest BCUT2D eigenvalue weighted by molar-refractivity contribution is -0.149. The van der Waals surface area contributed by atoms with Crippen LogP contribution in [0, 0.1) is 5.92 Å². The van der Waals surface area contributed by atoms with Crippen molar-refractivity contribution in [2.75, 3.05) is 43.6 Å². The van der Waals surface area contributed by atoms with E-state index in [1.165, 1.54) is 16.3 Å². The summed E-state index contributed by atoms with van der Waals surface area (Å²) in [6.45, 7) is 14.8. The number of anilines is 2. The maximum atomic E-state index is 15.3. The van der Waals surface area contributed by atoms with Crippen LogP contribution in [0.25, 0.3) is 0 Å². The topological polar surface area (TPSA) is 120 Å². The summed E-state index contributed by atoms with van der Waals surface area (Å²) < 4.78 is 12.8. The van der Waals surface area contributed by atoms with E-state index in [-0.39, 0.29) is 54.3 Å². The molecule has 6 rings (SSSR count). The number of ether oxygens (including phenoxy) is 2. The minimum atomic E-state index is -2.49. The van der Waals surface area contributed by atoms with Crippen molar-refractivity contribution in [2.45, 2.75) is 115 Å². The van der Waals surface area contributed by atoms with Crippen LogP contribution in [0.3, 0.4) is 0 Å². The molecule has 2 aromatic carbocycles. The van der Waals surface area contributed by atoms with Crippen molar-refractivity contribution in [2.24, 2.45) is 5.92 Å². The molecule has 4 aliphatic rings. The second-order valence-corrected chi connectivity index (χ2v) is 21.3. The number of aliphatic hydroxyl groups is 1. The van der Waals surface area contributed by atoms with Gasteiger partial charge in [-0.25, -0.2) is 0 Å². The Kier molecular flexibility index (Phi) is 12.2. The highest BCUT2D eigenvalue weighted by Gasteiger charge is 2.66. The standard InChI is InChI=1S/C43H60N4O6Si/c1-28(2)11-8-12-29(3)21-24-47-37-20-15-31(45-41(50)36-14-9-22-44-36)25-35(37)43(42(47)51)30(4)40(54(6,7)34-18-16-33(52-5)17-19-34)38(53-43)26-39(49)46-23-10-13-32(46)27-48/h11,15-21,25,30,32,36,38,40,44,48H,8-10,12-14,22-24,26-27H2,1-7H3,(H,45,50)/b29-21+/t30-,32+,36-,38+,40-,43+/m1/s1. The Morgan fingerprint density at radius 2 is 1.85 bits per heavy atom. The zero-order valence-corrected chi connectivity index (χ0v) is 34.2. The summed E-state index contributed by atoms with van der Waals surface area (Å²) in [6.07, 6.45) is 9.14. The average Bonchev–Trinajstić information content (AvgIpc) is 3.95. The number of nitrogens with zero attached hydrogens (tertiary/aromatic N) is 2. The molecule has 0 aromatic heterocycles. The van der Waals surface area contributed by atoms with Gasteiger partial charge in [-0.1, -0.05) is 60.6 Å². The number of fused-ring (bicyclic) bond motifs is 2. The van der Waals surface area contributed by atoms with Gasteiger partial charge in [-0.2, -0.15) is 0 Å². The molecule has 54 heavy (non-hydrogen) atoms. The summed E-state index contributed by atoms with van der Waals surface area (Å²) in [4.78, 5) is 46.4. The third kappa shape index (κ3) is 7.70. The highest BCUT2D eigenvalue weighted by Crippen LogP contribution is 2.60. The van der Waals surface area contributed by atoms with Gasteiger partial charge in [-0.3, -0.25) is 14.4 Å². The van der Waals surface area contributed by atoms with Crippen molar-refractivity contribution in [1.82, 2.24) is 10.2 Å². The van der Waals surface area contributed by atoms with E-state index in [1.807, 2.05) is 40.1 Å². The van der Waals surface area contributed by atoms with E-state index >= 15 is 4.79 Å². The molecular weight excluding hydrogens is 697 g/mol. The van der Waals surface area contributed by atoms with Crippen LogP contribution in [0.5, 0.6) is 5.75 Å². The molecule has 3 saturated heterocycles. The van der Waals surface area contributed by atoms with Crippen LogP contribution in [0.4, 0.5) is 11.4 Å². The van der Waals surface area contributed by atoms with E-state index < -0.39 is 19.8 Å². The van der Waals surface area contributed by atoms with Crippen molar-refractivity contribution < 1.29 is 29.0 Å². The van der Waals surface area contributed by atoms with Crippen LogP contribution in [-0.4, -0.2) is 87.3 Å². The Labute approximate surface area is 322 Å². The first-order valence-corrected chi connectivity index (χ1v) is 22.9. The van der Waals surface area contributed by atoms with Crippen molar-refractivity contribution >= 4 is 42.4 Å². The minimum Gasteiger partial charge on any atom is -0.497 e.